The molecule has 0 nitrogen and oxygen atoms in total. The molecular formula is C38H62. The largest absolute Gasteiger partial charge is 0.0596 e. The first-order valence-corrected chi connectivity index (χ1v) is 17.9. The molecule has 0 aliphatic heterocycles. The number of hydrogen-bond acceptors (Lipinski definition) is 0. The highest BCUT2D eigenvalue weighted by molar-refractivity contribution is 5.18. The molecule has 38 heavy (non-hydrogen) atoms. The summed E-state index contributed by atoms with van der Waals surface area (Å²) in [6.07, 6.45) is 28.5. The van der Waals surface area contributed by atoms with Gasteiger partial charge in [0, 0.05) is 0 Å². The lowest BCUT2D eigenvalue weighted by Gasteiger charge is -2.64. The molecule has 0 aromatic carbocycles. The molecule has 0 heterocycles. The number of fused-ring (bicyclic) bond motifs is 6. The fourth-order valence-electron chi connectivity index (χ4n) is 16.6. The fraction of sp³-hybridized carbons (Fsp3) is 1.00. The van der Waals surface area contributed by atoms with Crippen molar-refractivity contribution in [1.29, 1.82) is 0 Å². The van der Waals surface area contributed by atoms with Crippen molar-refractivity contribution in [2.45, 2.75) is 157 Å². The molecule has 0 amide bonds. The molecule has 8 saturated carbocycles. The molecule has 0 N–H and O–H groups in total. The summed E-state index contributed by atoms with van der Waals surface area (Å²) in [7, 11) is 0. The van der Waals surface area contributed by atoms with E-state index < -0.39 is 0 Å². The summed E-state index contributed by atoms with van der Waals surface area (Å²) in [6, 6.07) is 0. The van der Waals surface area contributed by atoms with E-state index in [1.807, 2.05) is 0 Å². The zero-order chi connectivity index (χ0) is 26.3. The minimum Gasteiger partial charge on any atom is -0.0596 e. The lowest BCUT2D eigenvalue weighted by molar-refractivity contribution is -0.145. The van der Waals surface area contributed by atoms with Crippen molar-refractivity contribution in [1.82, 2.24) is 0 Å². The van der Waals surface area contributed by atoms with Crippen LogP contribution in [0.2, 0.25) is 0 Å². The second-order valence-electron chi connectivity index (χ2n) is 19.5. The summed E-state index contributed by atoms with van der Waals surface area (Å²) < 4.78 is 0. The third-order valence-electron chi connectivity index (χ3n) is 17.5. The number of rotatable bonds is 1. The summed E-state index contributed by atoms with van der Waals surface area (Å²) in [5.74, 6) is 8.51. The van der Waals surface area contributed by atoms with Gasteiger partial charge in [-0.05, 0) is 183 Å². The SMILES string of the molecule is CC1(C)CCC[C@]2(C)[C@@H]1CC[C@@]13C[C@H](CC[C@H]12)[C@H]([C@@H]1C[C@@]24CC[C@@H]5C(C)(C)CCC[C@@]5(C)[C@@H]2CC[C@H]1C4)C3. The van der Waals surface area contributed by atoms with Crippen LogP contribution in [0.1, 0.15) is 157 Å². The summed E-state index contributed by atoms with van der Waals surface area (Å²) in [4.78, 5) is 0. The first-order chi connectivity index (χ1) is 17.9. The van der Waals surface area contributed by atoms with E-state index in [-0.39, 0.29) is 0 Å². The topological polar surface area (TPSA) is 0 Å². The van der Waals surface area contributed by atoms with Crippen LogP contribution in [-0.4, -0.2) is 0 Å². The Morgan fingerprint density at radius 2 is 0.816 bits per heavy atom. The van der Waals surface area contributed by atoms with Gasteiger partial charge >= 0.3 is 0 Å². The van der Waals surface area contributed by atoms with Gasteiger partial charge in [-0.1, -0.05) is 54.4 Å². The maximum absolute atomic E-state index is 2.81. The minimum absolute atomic E-state index is 0.586. The normalized spacial score (nSPS) is 59.8. The average molecular weight is 519 g/mol. The second-order valence-corrected chi connectivity index (χ2v) is 19.5. The van der Waals surface area contributed by atoms with Crippen LogP contribution in [0, 0.1) is 79.8 Å². The predicted octanol–water partition coefficient (Wildman–Crippen LogP) is 11.1. The van der Waals surface area contributed by atoms with E-state index in [2.05, 4.69) is 41.5 Å². The molecule has 12 atom stereocenters. The van der Waals surface area contributed by atoms with Crippen LogP contribution in [0.15, 0.2) is 0 Å². The Morgan fingerprint density at radius 3 is 1.24 bits per heavy atom. The average Bonchev–Trinajstić information content (AvgIpc) is 3.26. The maximum atomic E-state index is 2.81. The quantitative estimate of drug-likeness (QED) is 0.324. The molecule has 0 heteroatoms. The van der Waals surface area contributed by atoms with Gasteiger partial charge in [0.1, 0.15) is 0 Å². The van der Waals surface area contributed by atoms with Gasteiger partial charge in [-0.25, -0.2) is 0 Å². The van der Waals surface area contributed by atoms with Gasteiger partial charge in [0.25, 0.3) is 0 Å². The Balaban J connectivity index is 1.07. The molecule has 214 valence electrons. The van der Waals surface area contributed by atoms with Crippen LogP contribution in [0.4, 0.5) is 0 Å². The third kappa shape index (κ3) is 3.17. The van der Waals surface area contributed by atoms with Crippen molar-refractivity contribution in [2.75, 3.05) is 0 Å². The molecule has 8 aliphatic carbocycles. The molecular weight excluding hydrogens is 456 g/mol. The Hall–Kier alpha value is 0. The van der Waals surface area contributed by atoms with Crippen LogP contribution in [0.5, 0.6) is 0 Å². The van der Waals surface area contributed by atoms with Gasteiger partial charge in [-0.15, -0.1) is 0 Å². The van der Waals surface area contributed by atoms with E-state index in [0.29, 0.717) is 21.7 Å². The van der Waals surface area contributed by atoms with Gasteiger partial charge in [0.2, 0.25) is 0 Å². The van der Waals surface area contributed by atoms with E-state index in [1.54, 1.807) is 89.9 Å². The zero-order valence-corrected chi connectivity index (χ0v) is 26.3. The summed E-state index contributed by atoms with van der Waals surface area (Å²) in [5.41, 5.74) is 3.96. The van der Waals surface area contributed by atoms with Crippen molar-refractivity contribution in [3.63, 3.8) is 0 Å². The molecule has 4 bridgehead atoms. The summed E-state index contributed by atoms with van der Waals surface area (Å²) >= 11 is 0. The highest BCUT2D eigenvalue weighted by Crippen LogP contribution is 2.77. The second kappa shape index (κ2) is 7.88. The third-order valence-corrected chi connectivity index (χ3v) is 17.5. The predicted molar refractivity (Wildman–Crippen MR) is 160 cm³/mol. The van der Waals surface area contributed by atoms with Crippen molar-refractivity contribution in [2.24, 2.45) is 79.8 Å². The first-order valence-electron chi connectivity index (χ1n) is 17.9. The zero-order valence-electron chi connectivity index (χ0n) is 26.3. The molecule has 8 fully saturated rings. The molecule has 0 saturated heterocycles. The van der Waals surface area contributed by atoms with Crippen LogP contribution in [-0.2, 0) is 0 Å². The van der Waals surface area contributed by atoms with E-state index >= 15 is 0 Å². The lowest BCUT2D eigenvalue weighted by Crippen LogP contribution is -2.55. The Bertz CT molecular complexity index is 895. The van der Waals surface area contributed by atoms with Gasteiger partial charge in [0.05, 0.1) is 0 Å². The van der Waals surface area contributed by atoms with Crippen LogP contribution < -0.4 is 0 Å². The monoisotopic (exact) mass is 518 g/mol. The Morgan fingerprint density at radius 1 is 0.395 bits per heavy atom. The standard InChI is InChI=1S/C38H62/c1-33(2)15-7-17-35(5)29(33)13-19-37-21-25(9-11-31(35)37)27(23-37)28-24-38-20-14-30-34(3,4)16-8-18-36(30,6)32(38)12-10-26(28)22-38/h25-32H,7-24H2,1-6H3/t25-,26-,27+,28+,29+,30+,31-,32-,35+,36+,37-,38-/m0/s1. The highest BCUT2D eigenvalue weighted by Gasteiger charge is 2.68. The van der Waals surface area contributed by atoms with Gasteiger partial charge in [-0.2, -0.15) is 0 Å². The highest BCUT2D eigenvalue weighted by atomic mass is 14.7. The van der Waals surface area contributed by atoms with Gasteiger partial charge in [0.15, 0.2) is 0 Å². The molecule has 8 aliphatic rings. The molecule has 8 rings (SSSR count). The molecule has 0 unspecified atom stereocenters. The van der Waals surface area contributed by atoms with Crippen LogP contribution >= 0.6 is 0 Å². The summed E-state index contributed by atoms with van der Waals surface area (Å²) in [6.45, 7) is 16.2. The van der Waals surface area contributed by atoms with Gasteiger partial charge in [-0.3, -0.25) is 0 Å². The van der Waals surface area contributed by atoms with E-state index in [1.165, 1.54) is 25.7 Å². The molecule has 0 aromatic rings. The number of hydrogen-bond donors (Lipinski definition) is 0. The van der Waals surface area contributed by atoms with Crippen molar-refractivity contribution < 1.29 is 0 Å². The van der Waals surface area contributed by atoms with E-state index in [4.69, 9.17) is 0 Å². The van der Waals surface area contributed by atoms with E-state index in [0.717, 1.165) is 58.2 Å². The molecule has 0 aromatic heterocycles. The smallest absolute Gasteiger partial charge is 0.0258 e. The minimum atomic E-state index is 0.586. The van der Waals surface area contributed by atoms with Crippen molar-refractivity contribution >= 4 is 0 Å². The van der Waals surface area contributed by atoms with Crippen molar-refractivity contribution in [3.8, 4) is 0 Å². The molecule has 0 radical (unpaired) electrons. The molecule has 2 spiro atoms. The lowest BCUT2D eigenvalue weighted by atomic mass is 9.41. The Kier molecular flexibility index (Phi) is 5.33. The van der Waals surface area contributed by atoms with Crippen LogP contribution in [0.3, 0.4) is 0 Å². The van der Waals surface area contributed by atoms with Crippen LogP contribution in [0.25, 0.3) is 0 Å². The van der Waals surface area contributed by atoms with Crippen molar-refractivity contribution in [3.05, 3.63) is 0 Å². The maximum Gasteiger partial charge on any atom is -0.0258 e. The van der Waals surface area contributed by atoms with Gasteiger partial charge < -0.3 is 0 Å². The first kappa shape index (κ1) is 25.7. The fourth-order valence-corrected chi connectivity index (χ4v) is 16.6. The summed E-state index contributed by atoms with van der Waals surface area (Å²) in [5, 5.41) is 0. The van der Waals surface area contributed by atoms with E-state index in [9.17, 15) is 0 Å². The Labute approximate surface area is 236 Å².